The van der Waals surface area contributed by atoms with Gasteiger partial charge < -0.3 is 4.74 Å². The lowest BCUT2D eigenvalue weighted by Crippen LogP contribution is -2.31. The molecule has 2 heteroatoms. The van der Waals surface area contributed by atoms with E-state index in [0.29, 0.717) is 18.6 Å². The molecule has 1 aliphatic rings. The highest BCUT2D eigenvalue weighted by atomic mass is 16.5. The topological polar surface area (TPSA) is 26.3 Å². The van der Waals surface area contributed by atoms with E-state index in [-0.39, 0.29) is 6.10 Å². The molecular formula is C12H22O2. The molecule has 0 atom stereocenters. The Bertz CT molecular complexity index is 158. The van der Waals surface area contributed by atoms with Crippen LogP contribution in [0.3, 0.4) is 0 Å². The first-order chi connectivity index (χ1) is 6.83. The standard InChI is InChI=1S/C12H22O2/c1-2-3-4-5-6-7-8-14-12-9-11(13)10-12/h12H,2-10H2,1H3. The zero-order valence-electron chi connectivity index (χ0n) is 9.26. The van der Waals surface area contributed by atoms with Crippen molar-refractivity contribution in [3.63, 3.8) is 0 Å². The maximum atomic E-state index is 10.6. The number of Topliss-reactive ketones (excluding diaryl/α,β-unsaturated/α-hetero) is 1. The molecule has 1 saturated carbocycles. The molecule has 0 aromatic rings. The SMILES string of the molecule is CCCCCCCCOC1CC(=O)C1. The fourth-order valence-electron chi connectivity index (χ4n) is 1.70. The Kier molecular flexibility index (Phi) is 5.85. The first-order valence-electron chi connectivity index (χ1n) is 5.96. The second kappa shape index (κ2) is 6.99. The third-order valence-corrected chi connectivity index (χ3v) is 2.76. The van der Waals surface area contributed by atoms with Gasteiger partial charge >= 0.3 is 0 Å². The van der Waals surface area contributed by atoms with Crippen LogP contribution in [0.1, 0.15) is 58.3 Å². The van der Waals surface area contributed by atoms with E-state index in [1.807, 2.05) is 0 Å². The lowest BCUT2D eigenvalue weighted by atomic mass is 9.94. The minimum absolute atomic E-state index is 0.262. The normalized spacial score (nSPS) is 17.1. The minimum atomic E-state index is 0.262. The number of carbonyl (C=O) groups excluding carboxylic acids is 1. The minimum Gasteiger partial charge on any atom is -0.377 e. The summed E-state index contributed by atoms with van der Waals surface area (Å²) in [4.78, 5) is 10.6. The predicted octanol–water partition coefficient (Wildman–Crippen LogP) is 3.10. The average molecular weight is 198 g/mol. The van der Waals surface area contributed by atoms with Crippen molar-refractivity contribution in [2.75, 3.05) is 6.61 Å². The van der Waals surface area contributed by atoms with Gasteiger partial charge in [-0.2, -0.15) is 0 Å². The van der Waals surface area contributed by atoms with Crippen LogP contribution in [0.5, 0.6) is 0 Å². The zero-order chi connectivity index (χ0) is 10.2. The molecule has 0 unspecified atom stereocenters. The molecule has 0 heterocycles. The molecule has 0 bridgehead atoms. The quantitative estimate of drug-likeness (QED) is 0.560. The summed E-state index contributed by atoms with van der Waals surface area (Å²) in [6.45, 7) is 3.08. The second-order valence-corrected chi connectivity index (χ2v) is 4.21. The summed E-state index contributed by atoms with van der Waals surface area (Å²) in [5.74, 6) is 0.359. The first kappa shape index (κ1) is 11.7. The summed E-state index contributed by atoms with van der Waals surface area (Å²) in [6, 6.07) is 0. The molecule has 1 rings (SSSR count). The van der Waals surface area contributed by atoms with E-state index in [9.17, 15) is 4.79 Å². The van der Waals surface area contributed by atoms with E-state index in [4.69, 9.17) is 4.74 Å². The molecule has 0 aromatic carbocycles. The van der Waals surface area contributed by atoms with Crippen molar-refractivity contribution in [1.29, 1.82) is 0 Å². The molecule has 1 aliphatic carbocycles. The van der Waals surface area contributed by atoms with Gasteiger partial charge in [-0.05, 0) is 6.42 Å². The molecule has 0 radical (unpaired) electrons. The Morgan fingerprint density at radius 1 is 1.14 bits per heavy atom. The Hall–Kier alpha value is -0.370. The third-order valence-electron chi connectivity index (χ3n) is 2.76. The van der Waals surface area contributed by atoms with E-state index in [2.05, 4.69) is 6.92 Å². The van der Waals surface area contributed by atoms with E-state index in [0.717, 1.165) is 13.0 Å². The molecule has 82 valence electrons. The second-order valence-electron chi connectivity index (χ2n) is 4.21. The van der Waals surface area contributed by atoms with Crippen molar-refractivity contribution in [2.45, 2.75) is 64.4 Å². The predicted molar refractivity (Wildman–Crippen MR) is 57.4 cm³/mol. The molecule has 0 spiro atoms. The van der Waals surface area contributed by atoms with Gasteiger partial charge in [0.1, 0.15) is 5.78 Å². The lowest BCUT2D eigenvalue weighted by Gasteiger charge is -2.24. The van der Waals surface area contributed by atoms with Crippen molar-refractivity contribution in [3.8, 4) is 0 Å². The van der Waals surface area contributed by atoms with Crippen LogP contribution in [0, 0.1) is 0 Å². The van der Waals surface area contributed by atoms with Gasteiger partial charge in [-0.15, -0.1) is 0 Å². The van der Waals surface area contributed by atoms with E-state index in [1.54, 1.807) is 0 Å². The Balaban J connectivity index is 1.74. The molecule has 0 saturated heterocycles. The molecule has 0 aliphatic heterocycles. The van der Waals surface area contributed by atoms with Crippen molar-refractivity contribution in [1.82, 2.24) is 0 Å². The van der Waals surface area contributed by atoms with Gasteiger partial charge in [0.05, 0.1) is 6.10 Å². The Morgan fingerprint density at radius 3 is 2.43 bits per heavy atom. The van der Waals surface area contributed by atoms with Gasteiger partial charge in [-0.25, -0.2) is 0 Å². The number of rotatable bonds is 8. The number of unbranched alkanes of at least 4 members (excludes halogenated alkanes) is 5. The van der Waals surface area contributed by atoms with Crippen molar-refractivity contribution in [3.05, 3.63) is 0 Å². The van der Waals surface area contributed by atoms with Crippen LogP contribution < -0.4 is 0 Å². The molecule has 1 fully saturated rings. The highest BCUT2D eigenvalue weighted by Gasteiger charge is 2.26. The summed E-state index contributed by atoms with van der Waals surface area (Å²) >= 11 is 0. The highest BCUT2D eigenvalue weighted by molar-refractivity contribution is 5.85. The highest BCUT2D eigenvalue weighted by Crippen LogP contribution is 2.18. The molecular weight excluding hydrogens is 176 g/mol. The van der Waals surface area contributed by atoms with Gasteiger partial charge in [0, 0.05) is 19.4 Å². The first-order valence-corrected chi connectivity index (χ1v) is 5.96. The summed E-state index contributed by atoms with van der Waals surface area (Å²) in [7, 11) is 0. The van der Waals surface area contributed by atoms with Gasteiger partial charge in [0.2, 0.25) is 0 Å². The monoisotopic (exact) mass is 198 g/mol. The molecule has 0 amide bonds. The van der Waals surface area contributed by atoms with Crippen LogP contribution in [0.2, 0.25) is 0 Å². The van der Waals surface area contributed by atoms with Crippen LogP contribution in [0.15, 0.2) is 0 Å². The van der Waals surface area contributed by atoms with E-state index < -0.39 is 0 Å². The number of carbonyl (C=O) groups is 1. The number of ketones is 1. The molecule has 2 nitrogen and oxygen atoms in total. The zero-order valence-corrected chi connectivity index (χ0v) is 9.26. The van der Waals surface area contributed by atoms with E-state index in [1.165, 1.54) is 32.1 Å². The molecule has 14 heavy (non-hydrogen) atoms. The fourth-order valence-corrected chi connectivity index (χ4v) is 1.70. The van der Waals surface area contributed by atoms with E-state index >= 15 is 0 Å². The largest absolute Gasteiger partial charge is 0.377 e. The summed E-state index contributed by atoms with van der Waals surface area (Å²) in [5, 5.41) is 0. The maximum Gasteiger partial charge on any atom is 0.138 e. The molecule has 0 aromatic heterocycles. The Labute approximate surface area is 87.0 Å². The fraction of sp³-hybridized carbons (Fsp3) is 0.917. The number of hydrogen-bond acceptors (Lipinski definition) is 2. The van der Waals surface area contributed by atoms with Crippen LogP contribution in [0.25, 0.3) is 0 Å². The summed E-state index contributed by atoms with van der Waals surface area (Å²) in [5.41, 5.74) is 0. The van der Waals surface area contributed by atoms with Gasteiger partial charge in [-0.1, -0.05) is 39.0 Å². The lowest BCUT2D eigenvalue weighted by molar-refractivity contribution is -0.134. The van der Waals surface area contributed by atoms with Gasteiger partial charge in [0.15, 0.2) is 0 Å². The van der Waals surface area contributed by atoms with Gasteiger partial charge in [0.25, 0.3) is 0 Å². The van der Waals surface area contributed by atoms with Crippen molar-refractivity contribution < 1.29 is 9.53 Å². The van der Waals surface area contributed by atoms with Crippen molar-refractivity contribution in [2.24, 2.45) is 0 Å². The Morgan fingerprint density at radius 2 is 1.79 bits per heavy atom. The third kappa shape index (κ3) is 4.75. The van der Waals surface area contributed by atoms with Crippen LogP contribution >= 0.6 is 0 Å². The number of ether oxygens (including phenoxy) is 1. The summed E-state index contributed by atoms with van der Waals surface area (Å²) in [6.07, 6.45) is 9.39. The van der Waals surface area contributed by atoms with Crippen molar-refractivity contribution >= 4 is 5.78 Å². The maximum absolute atomic E-state index is 10.6. The molecule has 0 N–H and O–H groups in total. The number of hydrogen-bond donors (Lipinski definition) is 0. The van der Waals surface area contributed by atoms with Gasteiger partial charge in [-0.3, -0.25) is 4.79 Å². The van der Waals surface area contributed by atoms with Crippen LogP contribution in [-0.4, -0.2) is 18.5 Å². The van der Waals surface area contributed by atoms with Crippen LogP contribution in [0.4, 0.5) is 0 Å². The summed E-state index contributed by atoms with van der Waals surface area (Å²) < 4.78 is 5.53. The van der Waals surface area contributed by atoms with Crippen LogP contribution in [-0.2, 0) is 9.53 Å². The smallest absolute Gasteiger partial charge is 0.138 e. The average Bonchev–Trinajstić information content (AvgIpc) is 2.13.